The standard InChI is InChI=1S/C26H31N3O2/c1-3-23-19-28(18-21-7-5-4-6-8-21)15-16-29(23)26(30)14-13-25-27-17-24(31-25)22-11-9-20(2)10-12-22/h4-12,17,23H,3,13-16,18-19H2,1-2H3/t23-/m1/s1. The Bertz CT molecular complexity index is 981. The minimum absolute atomic E-state index is 0.196. The number of rotatable bonds is 7. The van der Waals surface area contributed by atoms with Crippen LogP contribution >= 0.6 is 0 Å². The van der Waals surface area contributed by atoms with Gasteiger partial charge in [-0.25, -0.2) is 4.98 Å². The molecule has 0 unspecified atom stereocenters. The van der Waals surface area contributed by atoms with Crippen LogP contribution in [-0.2, 0) is 17.8 Å². The summed E-state index contributed by atoms with van der Waals surface area (Å²) in [5.74, 6) is 1.57. The van der Waals surface area contributed by atoms with Gasteiger partial charge >= 0.3 is 0 Å². The summed E-state index contributed by atoms with van der Waals surface area (Å²) in [6.07, 6.45) is 3.68. The Balaban J connectivity index is 1.31. The number of piperazine rings is 1. The second kappa shape index (κ2) is 9.92. The molecule has 2 heterocycles. The first kappa shape index (κ1) is 21.3. The van der Waals surface area contributed by atoms with E-state index < -0.39 is 0 Å². The van der Waals surface area contributed by atoms with Crippen molar-refractivity contribution >= 4 is 5.91 Å². The van der Waals surface area contributed by atoms with Crippen molar-refractivity contribution in [3.63, 3.8) is 0 Å². The molecule has 0 saturated carbocycles. The maximum Gasteiger partial charge on any atom is 0.223 e. The molecule has 1 atom stereocenters. The second-order valence-electron chi connectivity index (χ2n) is 8.35. The Labute approximate surface area is 184 Å². The number of nitrogens with zero attached hydrogens (tertiary/aromatic N) is 3. The van der Waals surface area contributed by atoms with E-state index in [4.69, 9.17) is 4.42 Å². The van der Waals surface area contributed by atoms with Crippen molar-refractivity contribution in [1.29, 1.82) is 0 Å². The zero-order valence-corrected chi connectivity index (χ0v) is 18.5. The highest BCUT2D eigenvalue weighted by Gasteiger charge is 2.29. The Kier molecular flexibility index (Phi) is 6.82. The van der Waals surface area contributed by atoms with Gasteiger partial charge in [-0.1, -0.05) is 67.1 Å². The summed E-state index contributed by atoms with van der Waals surface area (Å²) in [6, 6.07) is 19.0. The van der Waals surface area contributed by atoms with Gasteiger partial charge in [0.15, 0.2) is 11.7 Å². The molecule has 1 aliphatic rings. The predicted molar refractivity (Wildman–Crippen MR) is 123 cm³/mol. The van der Waals surface area contributed by atoms with Gasteiger partial charge in [0.2, 0.25) is 5.91 Å². The van der Waals surface area contributed by atoms with Gasteiger partial charge in [-0.3, -0.25) is 9.69 Å². The largest absolute Gasteiger partial charge is 0.441 e. The molecule has 1 amide bonds. The Hall–Kier alpha value is -2.92. The molecule has 3 aromatic rings. The first-order valence-electron chi connectivity index (χ1n) is 11.2. The second-order valence-corrected chi connectivity index (χ2v) is 8.35. The first-order valence-corrected chi connectivity index (χ1v) is 11.2. The summed E-state index contributed by atoms with van der Waals surface area (Å²) in [5, 5.41) is 0. The summed E-state index contributed by atoms with van der Waals surface area (Å²) in [6.45, 7) is 7.79. The lowest BCUT2D eigenvalue weighted by Gasteiger charge is -2.41. The fraction of sp³-hybridized carbons (Fsp3) is 0.385. The van der Waals surface area contributed by atoms with Crippen molar-refractivity contribution in [3.05, 3.63) is 77.8 Å². The molecule has 0 spiro atoms. The number of hydrogen-bond acceptors (Lipinski definition) is 4. The number of benzene rings is 2. The molecule has 0 bridgehead atoms. The van der Waals surface area contributed by atoms with E-state index in [9.17, 15) is 4.79 Å². The van der Waals surface area contributed by atoms with Crippen LogP contribution in [0.4, 0.5) is 0 Å². The van der Waals surface area contributed by atoms with Crippen LogP contribution in [0.15, 0.2) is 65.2 Å². The van der Waals surface area contributed by atoms with E-state index in [0.29, 0.717) is 18.7 Å². The molecule has 0 N–H and O–H groups in total. The maximum atomic E-state index is 13.0. The molecular weight excluding hydrogens is 386 g/mol. The lowest BCUT2D eigenvalue weighted by molar-refractivity contribution is -0.136. The molecule has 4 rings (SSSR count). The lowest BCUT2D eigenvalue weighted by atomic mass is 10.1. The van der Waals surface area contributed by atoms with Gasteiger partial charge in [-0.2, -0.15) is 0 Å². The number of hydrogen-bond donors (Lipinski definition) is 0. The lowest BCUT2D eigenvalue weighted by Crippen LogP contribution is -2.54. The summed E-state index contributed by atoms with van der Waals surface area (Å²) in [5.41, 5.74) is 3.55. The molecule has 5 heteroatoms. The SMILES string of the molecule is CC[C@@H]1CN(Cc2ccccc2)CCN1C(=O)CCc1ncc(-c2ccc(C)cc2)o1. The van der Waals surface area contributed by atoms with E-state index in [-0.39, 0.29) is 11.9 Å². The van der Waals surface area contributed by atoms with Crippen LogP contribution in [0.1, 0.15) is 36.8 Å². The highest BCUT2D eigenvalue weighted by Crippen LogP contribution is 2.22. The maximum absolute atomic E-state index is 13.0. The van der Waals surface area contributed by atoms with Gasteiger partial charge in [0, 0.05) is 50.6 Å². The van der Waals surface area contributed by atoms with E-state index in [1.54, 1.807) is 6.20 Å². The van der Waals surface area contributed by atoms with E-state index >= 15 is 0 Å². The minimum Gasteiger partial charge on any atom is -0.441 e. The normalized spacial score (nSPS) is 17.1. The van der Waals surface area contributed by atoms with E-state index in [2.05, 4.69) is 65.0 Å². The molecule has 0 aliphatic carbocycles. The molecule has 1 saturated heterocycles. The number of amides is 1. The third kappa shape index (κ3) is 5.42. The topological polar surface area (TPSA) is 49.6 Å². The highest BCUT2D eigenvalue weighted by molar-refractivity contribution is 5.77. The molecule has 5 nitrogen and oxygen atoms in total. The third-order valence-corrected chi connectivity index (χ3v) is 6.05. The Morgan fingerprint density at radius 1 is 1.10 bits per heavy atom. The van der Waals surface area contributed by atoms with Crippen LogP contribution in [0.25, 0.3) is 11.3 Å². The van der Waals surface area contributed by atoms with Crippen LogP contribution in [0, 0.1) is 6.92 Å². The van der Waals surface area contributed by atoms with Crippen molar-refractivity contribution in [2.24, 2.45) is 0 Å². The van der Waals surface area contributed by atoms with Crippen molar-refractivity contribution in [3.8, 4) is 11.3 Å². The minimum atomic E-state index is 0.196. The van der Waals surface area contributed by atoms with Crippen molar-refractivity contribution in [2.45, 2.75) is 45.7 Å². The third-order valence-electron chi connectivity index (χ3n) is 6.05. The summed E-state index contributed by atoms with van der Waals surface area (Å²) in [7, 11) is 0. The molecule has 2 aromatic carbocycles. The smallest absolute Gasteiger partial charge is 0.223 e. The van der Waals surface area contributed by atoms with Crippen LogP contribution in [0.2, 0.25) is 0 Å². The molecule has 162 valence electrons. The summed E-state index contributed by atoms with van der Waals surface area (Å²) < 4.78 is 5.89. The van der Waals surface area contributed by atoms with Crippen LogP contribution in [0.3, 0.4) is 0 Å². The molecular formula is C26H31N3O2. The number of carbonyl (C=O) groups excluding carboxylic acids is 1. The Morgan fingerprint density at radius 2 is 1.87 bits per heavy atom. The highest BCUT2D eigenvalue weighted by atomic mass is 16.4. The summed E-state index contributed by atoms with van der Waals surface area (Å²) >= 11 is 0. The average Bonchev–Trinajstić information content (AvgIpc) is 3.27. The van der Waals surface area contributed by atoms with Crippen molar-refractivity contribution in [2.75, 3.05) is 19.6 Å². The fourth-order valence-corrected chi connectivity index (χ4v) is 4.22. The zero-order chi connectivity index (χ0) is 21.6. The fourth-order valence-electron chi connectivity index (χ4n) is 4.22. The Morgan fingerprint density at radius 3 is 2.61 bits per heavy atom. The number of aryl methyl sites for hydroxylation is 2. The van der Waals surface area contributed by atoms with Crippen molar-refractivity contribution in [1.82, 2.24) is 14.8 Å². The molecule has 1 aromatic heterocycles. The van der Waals surface area contributed by atoms with Crippen LogP contribution in [0.5, 0.6) is 0 Å². The quantitative estimate of drug-likeness (QED) is 0.559. The van der Waals surface area contributed by atoms with E-state index in [1.807, 2.05) is 18.2 Å². The summed E-state index contributed by atoms with van der Waals surface area (Å²) in [4.78, 5) is 21.9. The predicted octanol–water partition coefficient (Wildman–Crippen LogP) is 4.71. The molecule has 1 aliphatic heterocycles. The van der Waals surface area contributed by atoms with Gasteiger partial charge in [0.25, 0.3) is 0 Å². The van der Waals surface area contributed by atoms with Gasteiger partial charge in [0.05, 0.1) is 6.20 Å². The number of carbonyl (C=O) groups is 1. The monoisotopic (exact) mass is 417 g/mol. The number of aromatic nitrogens is 1. The average molecular weight is 418 g/mol. The van der Waals surface area contributed by atoms with Gasteiger partial charge in [-0.05, 0) is 18.9 Å². The number of oxazole rings is 1. The molecule has 1 fully saturated rings. The van der Waals surface area contributed by atoms with E-state index in [0.717, 1.165) is 43.9 Å². The van der Waals surface area contributed by atoms with Crippen LogP contribution in [-0.4, -0.2) is 46.4 Å². The van der Waals surface area contributed by atoms with Gasteiger partial charge < -0.3 is 9.32 Å². The van der Waals surface area contributed by atoms with Gasteiger partial charge in [-0.15, -0.1) is 0 Å². The van der Waals surface area contributed by atoms with Crippen LogP contribution < -0.4 is 0 Å². The molecule has 0 radical (unpaired) electrons. The van der Waals surface area contributed by atoms with E-state index in [1.165, 1.54) is 11.1 Å². The zero-order valence-electron chi connectivity index (χ0n) is 18.5. The van der Waals surface area contributed by atoms with Crippen molar-refractivity contribution < 1.29 is 9.21 Å². The van der Waals surface area contributed by atoms with Gasteiger partial charge in [0.1, 0.15) is 0 Å². The first-order chi connectivity index (χ1) is 15.1. The molecule has 31 heavy (non-hydrogen) atoms.